The molecule has 0 bridgehead atoms. The van der Waals surface area contributed by atoms with Crippen LogP contribution in [0.5, 0.6) is 0 Å². The van der Waals surface area contributed by atoms with Crippen LogP contribution in [-0.4, -0.2) is 44.5 Å². The summed E-state index contributed by atoms with van der Waals surface area (Å²) in [5.74, 6) is 7.01. The van der Waals surface area contributed by atoms with Crippen molar-refractivity contribution < 1.29 is 0 Å². The maximum absolute atomic E-state index is 2.41. The van der Waals surface area contributed by atoms with E-state index in [2.05, 4.69) is 54.0 Å². The van der Waals surface area contributed by atoms with Gasteiger partial charge in [0.25, 0.3) is 0 Å². The fourth-order valence-corrected chi connectivity index (χ4v) is 6.69. The molecule has 2 heterocycles. The lowest BCUT2D eigenvalue weighted by molar-refractivity contribution is 0.900. The predicted octanol–water partition coefficient (Wildman–Crippen LogP) is 3.46. The fourth-order valence-electron chi connectivity index (χ4n) is 1.40. The van der Waals surface area contributed by atoms with Crippen LogP contribution in [0.2, 0.25) is 0 Å². The number of thioether (sulfide) groups is 4. The van der Waals surface area contributed by atoms with Gasteiger partial charge >= 0.3 is 0 Å². The van der Waals surface area contributed by atoms with E-state index in [4.69, 9.17) is 0 Å². The molecule has 2 fully saturated rings. The number of rotatable bonds is 6. The fraction of sp³-hybridized carbons (Fsp3) is 1.00. The predicted molar refractivity (Wildman–Crippen MR) is 76.4 cm³/mol. The van der Waals surface area contributed by atoms with E-state index in [1.54, 1.807) is 0 Å². The van der Waals surface area contributed by atoms with Crippen LogP contribution in [0.25, 0.3) is 0 Å². The molecule has 0 N–H and O–H groups in total. The highest BCUT2D eigenvalue weighted by atomic mass is 32.2. The quantitative estimate of drug-likeness (QED) is 0.722. The largest absolute Gasteiger partial charge is 0.160 e. The van der Waals surface area contributed by atoms with Gasteiger partial charge in [-0.25, -0.2) is 0 Å². The molecule has 2 saturated heterocycles. The van der Waals surface area contributed by atoms with Crippen molar-refractivity contribution in [3.63, 3.8) is 0 Å². The average Bonchev–Trinajstić information content (AvgIpc) is 2.02. The molecule has 1 unspecified atom stereocenters. The highest BCUT2D eigenvalue weighted by Crippen LogP contribution is 2.34. The van der Waals surface area contributed by atoms with Crippen LogP contribution in [-0.2, 0) is 0 Å². The SMILES string of the molecule is CC(CCSC1CSC1)SC1CSC1. The zero-order chi connectivity index (χ0) is 9.80. The van der Waals surface area contributed by atoms with Crippen LogP contribution in [0.4, 0.5) is 0 Å². The van der Waals surface area contributed by atoms with Gasteiger partial charge in [0.1, 0.15) is 0 Å². The van der Waals surface area contributed by atoms with Crippen LogP contribution in [0, 0.1) is 0 Å². The third kappa shape index (κ3) is 3.76. The minimum atomic E-state index is 0.890. The Kier molecular flexibility index (Phi) is 5.27. The average molecular weight is 267 g/mol. The van der Waals surface area contributed by atoms with E-state index in [1.165, 1.54) is 35.2 Å². The summed E-state index contributed by atoms with van der Waals surface area (Å²) in [5.41, 5.74) is 0. The summed E-state index contributed by atoms with van der Waals surface area (Å²) in [6.07, 6.45) is 1.41. The van der Waals surface area contributed by atoms with E-state index < -0.39 is 0 Å². The third-order valence-corrected chi connectivity index (χ3v) is 8.61. The van der Waals surface area contributed by atoms with Crippen LogP contribution in [0.15, 0.2) is 0 Å². The first kappa shape index (κ1) is 11.9. The molecule has 0 aromatic carbocycles. The third-order valence-electron chi connectivity index (χ3n) is 2.52. The van der Waals surface area contributed by atoms with Crippen molar-refractivity contribution in [2.24, 2.45) is 0 Å². The van der Waals surface area contributed by atoms with Gasteiger partial charge in [-0.15, -0.1) is 0 Å². The first-order valence-corrected chi connectivity index (χ1v) is 9.57. The van der Waals surface area contributed by atoms with E-state index in [0.29, 0.717) is 0 Å². The Bertz CT molecular complexity index is 166. The molecular formula is C10H18S4. The lowest BCUT2D eigenvalue weighted by Gasteiger charge is -2.28. The molecule has 0 nitrogen and oxygen atoms in total. The van der Waals surface area contributed by atoms with Gasteiger partial charge in [0, 0.05) is 38.8 Å². The molecule has 0 aromatic heterocycles. The van der Waals surface area contributed by atoms with E-state index >= 15 is 0 Å². The van der Waals surface area contributed by atoms with Crippen LogP contribution >= 0.6 is 47.0 Å². The smallest absolute Gasteiger partial charge is 0.0231 e. The maximum atomic E-state index is 2.41. The highest BCUT2D eigenvalue weighted by molar-refractivity contribution is 8.08. The summed E-state index contributed by atoms with van der Waals surface area (Å²) >= 11 is 8.63. The van der Waals surface area contributed by atoms with E-state index in [1.807, 2.05) is 0 Å². The molecule has 0 amide bonds. The van der Waals surface area contributed by atoms with Gasteiger partial charge in [0.2, 0.25) is 0 Å². The standard InChI is InChI=1S/C10H18S4/c1-8(14-10-6-12-7-10)2-3-13-9-4-11-5-9/h8-10H,2-7H2,1H3. The first-order chi connectivity index (χ1) is 6.84. The molecule has 2 rings (SSSR count). The Morgan fingerprint density at radius 1 is 1.14 bits per heavy atom. The molecule has 0 saturated carbocycles. The van der Waals surface area contributed by atoms with Gasteiger partial charge in [-0.1, -0.05) is 6.92 Å². The molecule has 0 spiro atoms. The molecule has 1 atom stereocenters. The number of hydrogen-bond donors (Lipinski definition) is 0. The second-order valence-electron chi connectivity index (χ2n) is 3.93. The molecule has 0 radical (unpaired) electrons. The normalized spacial score (nSPS) is 25.5. The summed E-state index contributed by atoms with van der Waals surface area (Å²) in [6, 6.07) is 0. The maximum Gasteiger partial charge on any atom is 0.0231 e. The Labute approximate surface area is 105 Å². The van der Waals surface area contributed by atoms with Gasteiger partial charge in [0.15, 0.2) is 0 Å². The van der Waals surface area contributed by atoms with Gasteiger partial charge < -0.3 is 0 Å². The molecule has 2 aliphatic heterocycles. The summed E-state index contributed by atoms with van der Waals surface area (Å²) in [6.45, 7) is 2.41. The molecule has 82 valence electrons. The zero-order valence-electron chi connectivity index (χ0n) is 8.61. The van der Waals surface area contributed by atoms with Gasteiger partial charge in [-0.3, -0.25) is 0 Å². The zero-order valence-corrected chi connectivity index (χ0v) is 11.9. The lowest BCUT2D eigenvalue weighted by Crippen LogP contribution is -2.24. The molecule has 4 heteroatoms. The van der Waals surface area contributed by atoms with Crippen LogP contribution in [0.1, 0.15) is 13.3 Å². The van der Waals surface area contributed by atoms with Gasteiger partial charge in [0.05, 0.1) is 0 Å². The van der Waals surface area contributed by atoms with Crippen molar-refractivity contribution in [1.29, 1.82) is 0 Å². The van der Waals surface area contributed by atoms with Crippen molar-refractivity contribution in [3.8, 4) is 0 Å². The molecule has 2 aliphatic rings. The molecule has 0 aromatic rings. The van der Waals surface area contributed by atoms with Crippen molar-refractivity contribution in [2.45, 2.75) is 29.1 Å². The molecule has 0 aliphatic carbocycles. The molecule has 14 heavy (non-hydrogen) atoms. The Balaban J connectivity index is 1.46. The van der Waals surface area contributed by atoms with Crippen molar-refractivity contribution in [3.05, 3.63) is 0 Å². The summed E-state index contributed by atoms with van der Waals surface area (Å²) in [5, 5.41) is 2.87. The summed E-state index contributed by atoms with van der Waals surface area (Å²) in [4.78, 5) is 0. The Morgan fingerprint density at radius 2 is 1.79 bits per heavy atom. The minimum Gasteiger partial charge on any atom is -0.160 e. The Hall–Kier alpha value is 1.40. The van der Waals surface area contributed by atoms with Crippen LogP contribution in [0.3, 0.4) is 0 Å². The second kappa shape index (κ2) is 6.21. The second-order valence-corrected chi connectivity index (χ2v) is 9.23. The van der Waals surface area contributed by atoms with Crippen molar-refractivity contribution in [1.82, 2.24) is 0 Å². The Morgan fingerprint density at radius 3 is 2.29 bits per heavy atom. The lowest BCUT2D eigenvalue weighted by atomic mass is 10.4. The van der Waals surface area contributed by atoms with Crippen molar-refractivity contribution in [2.75, 3.05) is 28.8 Å². The number of hydrogen-bond acceptors (Lipinski definition) is 4. The molecular weight excluding hydrogens is 248 g/mol. The minimum absolute atomic E-state index is 0.890. The van der Waals surface area contributed by atoms with E-state index in [9.17, 15) is 0 Å². The summed E-state index contributed by atoms with van der Waals surface area (Å²) in [7, 11) is 0. The first-order valence-electron chi connectivity index (χ1n) is 5.27. The monoisotopic (exact) mass is 266 g/mol. The van der Waals surface area contributed by atoms with E-state index in [0.717, 1.165) is 15.7 Å². The summed E-state index contributed by atoms with van der Waals surface area (Å²) < 4.78 is 0. The topological polar surface area (TPSA) is 0 Å². The van der Waals surface area contributed by atoms with Gasteiger partial charge in [-0.05, 0) is 12.2 Å². The van der Waals surface area contributed by atoms with Crippen LogP contribution < -0.4 is 0 Å². The van der Waals surface area contributed by atoms with Gasteiger partial charge in [-0.2, -0.15) is 47.0 Å². The van der Waals surface area contributed by atoms with E-state index in [-0.39, 0.29) is 0 Å². The van der Waals surface area contributed by atoms with Crippen molar-refractivity contribution >= 4 is 47.0 Å². The highest BCUT2D eigenvalue weighted by Gasteiger charge is 2.22.